The van der Waals surface area contributed by atoms with E-state index in [1.54, 1.807) is 0 Å². The van der Waals surface area contributed by atoms with E-state index in [9.17, 15) is 14.0 Å². The first-order valence-corrected chi connectivity index (χ1v) is 3.51. The normalized spacial score (nSPS) is 9.38. The first-order chi connectivity index (χ1) is 6.24. The molecule has 3 nitrogen and oxygen atoms in total. The molecule has 0 spiro atoms. The molecule has 13 heavy (non-hydrogen) atoms. The molecule has 0 heterocycles. The summed E-state index contributed by atoms with van der Waals surface area (Å²) in [4.78, 5) is 20.9. The van der Waals surface area contributed by atoms with Crippen molar-refractivity contribution in [3.05, 3.63) is 29.1 Å². The second kappa shape index (κ2) is 3.80. The minimum atomic E-state index is -0.657. The van der Waals surface area contributed by atoms with Crippen molar-refractivity contribution in [3.63, 3.8) is 0 Å². The number of aldehydes is 2. The molecule has 0 aliphatic rings. The fourth-order valence-corrected chi connectivity index (χ4v) is 1.02. The van der Waals surface area contributed by atoms with Crippen LogP contribution in [0.25, 0.3) is 0 Å². The Hall–Kier alpha value is -1.71. The largest absolute Gasteiger partial charge is 0.493 e. The van der Waals surface area contributed by atoms with Gasteiger partial charge in [0.15, 0.2) is 24.1 Å². The molecular weight excluding hydrogens is 175 g/mol. The second-order valence-electron chi connectivity index (χ2n) is 2.32. The van der Waals surface area contributed by atoms with Crippen LogP contribution in [0.2, 0.25) is 0 Å². The highest BCUT2D eigenvalue weighted by atomic mass is 19.1. The molecule has 0 aliphatic carbocycles. The van der Waals surface area contributed by atoms with Crippen molar-refractivity contribution in [3.8, 4) is 5.75 Å². The molecule has 0 saturated heterocycles. The van der Waals surface area contributed by atoms with Gasteiger partial charge < -0.3 is 4.74 Å². The summed E-state index contributed by atoms with van der Waals surface area (Å²) in [6.45, 7) is 0. The van der Waals surface area contributed by atoms with E-state index >= 15 is 0 Å². The summed E-state index contributed by atoms with van der Waals surface area (Å²) in [6.07, 6.45) is 0.872. The minimum Gasteiger partial charge on any atom is -0.493 e. The topological polar surface area (TPSA) is 43.4 Å². The molecule has 0 aliphatic heterocycles. The van der Waals surface area contributed by atoms with E-state index < -0.39 is 5.82 Å². The molecule has 0 saturated carbocycles. The molecule has 0 fully saturated rings. The van der Waals surface area contributed by atoms with Crippen molar-refractivity contribution in [1.29, 1.82) is 0 Å². The van der Waals surface area contributed by atoms with E-state index in [1.165, 1.54) is 13.2 Å². The maximum absolute atomic E-state index is 13.0. The first kappa shape index (κ1) is 9.38. The van der Waals surface area contributed by atoms with Crippen LogP contribution in [0.3, 0.4) is 0 Å². The molecule has 0 radical (unpaired) electrons. The molecular formula is C9H7FO3. The van der Waals surface area contributed by atoms with Gasteiger partial charge in [-0.05, 0) is 12.1 Å². The Morgan fingerprint density at radius 3 is 2.46 bits per heavy atom. The predicted octanol–water partition coefficient (Wildman–Crippen LogP) is 1.46. The molecule has 4 heteroatoms. The molecule has 1 aromatic carbocycles. The number of rotatable bonds is 3. The lowest BCUT2D eigenvalue weighted by atomic mass is 10.1. The highest BCUT2D eigenvalue weighted by Gasteiger charge is 2.12. The summed E-state index contributed by atoms with van der Waals surface area (Å²) >= 11 is 0. The van der Waals surface area contributed by atoms with E-state index in [4.69, 9.17) is 0 Å². The van der Waals surface area contributed by atoms with Gasteiger partial charge in [0.05, 0.1) is 12.7 Å². The van der Waals surface area contributed by atoms with Crippen molar-refractivity contribution < 1.29 is 18.7 Å². The Morgan fingerprint density at radius 2 is 2.00 bits per heavy atom. The zero-order chi connectivity index (χ0) is 9.84. The van der Waals surface area contributed by atoms with Crippen LogP contribution in [0.5, 0.6) is 5.75 Å². The molecule has 0 amide bonds. The Labute approximate surface area is 74.1 Å². The average Bonchev–Trinajstić information content (AvgIpc) is 2.17. The van der Waals surface area contributed by atoms with Gasteiger partial charge in [-0.25, -0.2) is 4.39 Å². The van der Waals surface area contributed by atoms with Gasteiger partial charge in [0.25, 0.3) is 0 Å². The van der Waals surface area contributed by atoms with Gasteiger partial charge in [-0.3, -0.25) is 9.59 Å². The Balaban J connectivity index is 3.44. The number of hydrogen-bond acceptors (Lipinski definition) is 3. The molecule has 0 N–H and O–H groups in total. The van der Waals surface area contributed by atoms with Gasteiger partial charge in [-0.15, -0.1) is 0 Å². The third-order valence-corrected chi connectivity index (χ3v) is 1.63. The molecule has 1 aromatic rings. The van der Waals surface area contributed by atoms with E-state index in [2.05, 4.69) is 4.74 Å². The van der Waals surface area contributed by atoms with Gasteiger partial charge in [0.1, 0.15) is 0 Å². The summed E-state index contributed by atoms with van der Waals surface area (Å²) < 4.78 is 17.6. The Kier molecular flexibility index (Phi) is 2.74. The van der Waals surface area contributed by atoms with Crippen molar-refractivity contribution >= 4 is 12.6 Å². The van der Waals surface area contributed by atoms with Gasteiger partial charge in [-0.1, -0.05) is 0 Å². The van der Waals surface area contributed by atoms with Gasteiger partial charge in [0, 0.05) is 5.56 Å². The standard InChI is InChI=1S/C9H7FO3/c1-13-9-7(5-12)6(4-11)2-3-8(9)10/h2-5H,1H3. The van der Waals surface area contributed by atoms with E-state index in [-0.39, 0.29) is 16.9 Å². The SMILES string of the molecule is COc1c(F)ccc(C=O)c1C=O. The van der Waals surface area contributed by atoms with E-state index in [0.29, 0.717) is 12.6 Å². The lowest BCUT2D eigenvalue weighted by Crippen LogP contribution is -1.98. The fourth-order valence-electron chi connectivity index (χ4n) is 1.02. The Morgan fingerprint density at radius 1 is 1.31 bits per heavy atom. The van der Waals surface area contributed by atoms with Crippen LogP contribution in [0.15, 0.2) is 12.1 Å². The lowest BCUT2D eigenvalue weighted by Gasteiger charge is -2.05. The molecule has 0 bridgehead atoms. The van der Waals surface area contributed by atoms with Crippen LogP contribution in [-0.2, 0) is 0 Å². The third kappa shape index (κ3) is 1.56. The molecule has 1 rings (SSSR count). The third-order valence-electron chi connectivity index (χ3n) is 1.63. The average molecular weight is 182 g/mol. The maximum Gasteiger partial charge on any atom is 0.165 e. The summed E-state index contributed by atoms with van der Waals surface area (Å²) in [7, 11) is 1.24. The summed E-state index contributed by atoms with van der Waals surface area (Å²) in [5, 5.41) is 0. The highest BCUT2D eigenvalue weighted by molar-refractivity contribution is 5.93. The second-order valence-corrected chi connectivity index (χ2v) is 2.32. The number of ether oxygens (including phenoxy) is 1. The van der Waals surface area contributed by atoms with Gasteiger partial charge in [-0.2, -0.15) is 0 Å². The zero-order valence-electron chi connectivity index (χ0n) is 6.91. The smallest absolute Gasteiger partial charge is 0.165 e. The molecule has 0 unspecified atom stereocenters. The number of carbonyl (C=O) groups excluding carboxylic acids is 2. The molecule has 0 atom stereocenters. The highest BCUT2D eigenvalue weighted by Crippen LogP contribution is 2.23. The predicted molar refractivity (Wildman–Crippen MR) is 43.7 cm³/mol. The minimum absolute atomic E-state index is 0.0579. The summed E-state index contributed by atoms with van der Waals surface area (Å²) in [5.41, 5.74) is 0.0609. The summed E-state index contributed by atoms with van der Waals surface area (Å²) in [6, 6.07) is 2.31. The number of carbonyl (C=O) groups is 2. The monoisotopic (exact) mass is 182 g/mol. The van der Waals surface area contributed by atoms with E-state index in [1.807, 2.05) is 0 Å². The van der Waals surface area contributed by atoms with Crippen molar-refractivity contribution in [2.45, 2.75) is 0 Å². The zero-order valence-corrected chi connectivity index (χ0v) is 6.91. The molecule has 68 valence electrons. The van der Waals surface area contributed by atoms with Gasteiger partial charge in [0.2, 0.25) is 0 Å². The lowest BCUT2D eigenvalue weighted by molar-refractivity contribution is 0.109. The maximum atomic E-state index is 13.0. The summed E-state index contributed by atoms with van der Waals surface area (Å²) in [5.74, 6) is -0.852. The number of hydrogen-bond donors (Lipinski definition) is 0. The van der Waals surface area contributed by atoms with Crippen molar-refractivity contribution in [2.75, 3.05) is 7.11 Å². The Bertz CT molecular complexity index is 347. The quantitative estimate of drug-likeness (QED) is 0.664. The molecule has 0 aromatic heterocycles. The number of halogens is 1. The fraction of sp³-hybridized carbons (Fsp3) is 0.111. The van der Waals surface area contributed by atoms with Crippen LogP contribution in [0, 0.1) is 5.82 Å². The van der Waals surface area contributed by atoms with Crippen LogP contribution >= 0.6 is 0 Å². The van der Waals surface area contributed by atoms with Crippen LogP contribution in [0.1, 0.15) is 20.7 Å². The first-order valence-electron chi connectivity index (χ1n) is 3.51. The van der Waals surface area contributed by atoms with Crippen molar-refractivity contribution in [2.24, 2.45) is 0 Å². The van der Waals surface area contributed by atoms with Crippen LogP contribution in [0.4, 0.5) is 4.39 Å². The number of benzene rings is 1. The van der Waals surface area contributed by atoms with Crippen LogP contribution < -0.4 is 4.74 Å². The van der Waals surface area contributed by atoms with Crippen molar-refractivity contribution in [1.82, 2.24) is 0 Å². The van der Waals surface area contributed by atoms with Gasteiger partial charge >= 0.3 is 0 Å². The van der Waals surface area contributed by atoms with E-state index in [0.717, 1.165) is 6.07 Å². The number of methoxy groups -OCH3 is 1. The van der Waals surface area contributed by atoms with Crippen LogP contribution in [-0.4, -0.2) is 19.7 Å².